The van der Waals surface area contributed by atoms with Crippen molar-refractivity contribution < 1.29 is 0 Å². The fraction of sp³-hybridized carbons (Fsp3) is 0.500. The van der Waals surface area contributed by atoms with Crippen molar-refractivity contribution in [1.82, 2.24) is 5.32 Å². The van der Waals surface area contributed by atoms with Gasteiger partial charge in [-0.3, -0.25) is 0 Å². The minimum Gasteiger partial charge on any atom is -0.304 e. The van der Waals surface area contributed by atoms with E-state index in [1.165, 1.54) is 5.56 Å². The van der Waals surface area contributed by atoms with E-state index < -0.39 is 0 Å². The average molecular weight is 216 g/mol. The van der Waals surface area contributed by atoms with Crippen LogP contribution in [0, 0.1) is 11.3 Å². The fourth-order valence-corrected chi connectivity index (χ4v) is 1.60. The van der Waals surface area contributed by atoms with Crippen LogP contribution in [0.5, 0.6) is 0 Å². The van der Waals surface area contributed by atoms with Crippen LogP contribution >= 0.6 is 0 Å². The summed E-state index contributed by atoms with van der Waals surface area (Å²) in [5.74, 6) is 0. The Hall–Kier alpha value is -1.33. The molecular weight excluding hydrogens is 196 g/mol. The summed E-state index contributed by atoms with van der Waals surface area (Å²) in [6.45, 7) is 6.49. The first-order chi connectivity index (χ1) is 7.59. The van der Waals surface area contributed by atoms with E-state index in [1.807, 2.05) is 18.2 Å². The number of nitriles is 1. The maximum Gasteiger partial charge on any atom is 0.0641 e. The lowest BCUT2D eigenvalue weighted by Crippen LogP contribution is -2.41. The van der Waals surface area contributed by atoms with Crippen molar-refractivity contribution in [3.8, 4) is 6.07 Å². The minimum absolute atomic E-state index is 0.0668. The molecule has 1 aromatic rings. The van der Waals surface area contributed by atoms with E-state index in [0.29, 0.717) is 6.42 Å². The summed E-state index contributed by atoms with van der Waals surface area (Å²) in [6.07, 6.45) is 1.55. The van der Waals surface area contributed by atoms with Crippen LogP contribution in [0.2, 0.25) is 0 Å². The Kier molecular flexibility index (Phi) is 4.52. The summed E-state index contributed by atoms with van der Waals surface area (Å²) in [7, 11) is 0. The first-order valence-corrected chi connectivity index (χ1v) is 5.78. The van der Waals surface area contributed by atoms with Crippen molar-refractivity contribution in [3.63, 3.8) is 0 Å². The van der Waals surface area contributed by atoms with E-state index in [4.69, 9.17) is 5.26 Å². The molecule has 86 valence electrons. The quantitative estimate of drug-likeness (QED) is 0.818. The summed E-state index contributed by atoms with van der Waals surface area (Å²) < 4.78 is 0. The molecule has 1 aromatic carbocycles. The van der Waals surface area contributed by atoms with Gasteiger partial charge in [0.15, 0.2) is 0 Å². The lowest BCUT2D eigenvalue weighted by atomic mass is 9.96. The lowest BCUT2D eigenvalue weighted by Gasteiger charge is -2.30. The highest BCUT2D eigenvalue weighted by molar-refractivity contribution is 5.20. The predicted molar refractivity (Wildman–Crippen MR) is 66.9 cm³/mol. The number of hydrogen-bond donors (Lipinski definition) is 1. The van der Waals surface area contributed by atoms with Gasteiger partial charge in [-0.05, 0) is 25.8 Å². The van der Waals surface area contributed by atoms with Crippen molar-refractivity contribution in [2.75, 3.05) is 0 Å². The highest BCUT2D eigenvalue weighted by atomic mass is 15.0. The minimum atomic E-state index is 0.0668. The maximum atomic E-state index is 8.88. The van der Waals surface area contributed by atoms with Crippen molar-refractivity contribution in [3.05, 3.63) is 35.9 Å². The van der Waals surface area contributed by atoms with Gasteiger partial charge in [0.2, 0.25) is 0 Å². The van der Waals surface area contributed by atoms with Gasteiger partial charge in [-0.2, -0.15) is 5.26 Å². The van der Waals surface area contributed by atoms with E-state index >= 15 is 0 Å². The van der Waals surface area contributed by atoms with Crippen LogP contribution in [-0.4, -0.2) is 5.54 Å². The zero-order valence-electron chi connectivity index (χ0n) is 10.3. The van der Waals surface area contributed by atoms with Gasteiger partial charge in [-0.25, -0.2) is 0 Å². The van der Waals surface area contributed by atoms with Crippen LogP contribution in [0.15, 0.2) is 30.3 Å². The zero-order chi connectivity index (χ0) is 12.0. The van der Waals surface area contributed by atoms with Crippen molar-refractivity contribution in [2.45, 2.75) is 45.2 Å². The molecule has 2 nitrogen and oxygen atoms in total. The summed E-state index contributed by atoms with van der Waals surface area (Å²) in [6, 6.07) is 12.5. The zero-order valence-corrected chi connectivity index (χ0v) is 10.3. The van der Waals surface area contributed by atoms with Crippen LogP contribution in [0.25, 0.3) is 0 Å². The molecule has 0 saturated heterocycles. The van der Waals surface area contributed by atoms with Crippen molar-refractivity contribution in [1.29, 1.82) is 5.26 Å². The lowest BCUT2D eigenvalue weighted by molar-refractivity contribution is 0.328. The molecule has 0 saturated carbocycles. The maximum absolute atomic E-state index is 8.88. The van der Waals surface area contributed by atoms with Crippen molar-refractivity contribution in [2.24, 2.45) is 0 Å². The number of nitrogens with zero attached hydrogens (tertiary/aromatic N) is 1. The van der Waals surface area contributed by atoms with Crippen LogP contribution in [0.3, 0.4) is 0 Å². The third kappa shape index (κ3) is 3.67. The standard InChI is InChI=1S/C14H20N2/c1-4-14(2,3)16-13(10-11-15)12-8-6-5-7-9-12/h5-9,13,16H,4,10H2,1-3H3. The van der Waals surface area contributed by atoms with Gasteiger partial charge in [0, 0.05) is 11.6 Å². The molecule has 1 N–H and O–H groups in total. The third-order valence-corrected chi connectivity index (χ3v) is 2.95. The van der Waals surface area contributed by atoms with Gasteiger partial charge in [-0.1, -0.05) is 37.3 Å². The number of nitrogens with one attached hydrogen (secondary N) is 1. The average Bonchev–Trinajstić information content (AvgIpc) is 2.29. The Morgan fingerprint density at radius 1 is 1.31 bits per heavy atom. The second-order valence-corrected chi connectivity index (χ2v) is 4.71. The molecule has 0 aliphatic heterocycles. The van der Waals surface area contributed by atoms with Crippen LogP contribution in [-0.2, 0) is 0 Å². The summed E-state index contributed by atoms with van der Waals surface area (Å²) in [5, 5.41) is 12.4. The highest BCUT2D eigenvalue weighted by Gasteiger charge is 2.20. The first-order valence-electron chi connectivity index (χ1n) is 5.78. The summed E-state index contributed by atoms with van der Waals surface area (Å²) >= 11 is 0. The fourth-order valence-electron chi connectivity index (χ4n) is 1.60. The van der Waals surface area contributed by atoms with Gasteiger partial charge in [0.1, 0.15) is 0 Å². The largest absolute Gasteiger partial charge is 0.304 e. The molecule has 0 aliphatic carbocycles. The Balaban J connectivity index is 2.81. The monoisotopic (exact) mass is 216 g/mol. The number of rotatable bonds is 5. The molecule has 0 amide bonds. The SMILES string of the molecule is CCC(C)(C)NC(CC#N)c1ccccc1. The third-order valence-electron chi connectivity index (χ3n) is 2.95. The molecule has 16 heavy (non-hydrogen) atoms. The second kappa shape index (κ2) is 5.67. The molecule has 0 aliphatic rings. The molecule has 1 atom stereocenters. The molecule has 1 rings (SSSR count). The summed E-state index contributed by atoms with van der Waals surface area (Å²) in [4.78, 5) is 0. The van der Waals surface area contributed by atoms with Crippen LogP contribution < -0.4 is 5.32 Å². The number of hydrogen-bond acceptors (Lipinski definition) is 2. The highest BCUT2D eigenvalue weighted by Crippen LogP contribution is 2.21. The van der Waals surface area contributed by atoms with Crippen molar-refractivity contribution >= 4 is 0 Å². The van der Waals surface area contributed by atoms with E-state index in [2.05, 4.69) is 44.3 Å². The van der Waals surface area contributed by atoms with Gasteiger partial charge in [0.05, 0.1) is 12.5 Å². The van der Waals surface area contributed by atoms with Gasteiger partial charge < -0.3 is 5.32 Å². The van der Waals surface area contributed by atoms with Gasteiger partial charge >= 0.3 is 0 Å². The molecule has 0 spiro atoms. The van der Waals surface area contributed by atoms with Crippen LogP contribution in [0.1, 0.15) is 45.2 Å². The van der Waals surface area contributed by atoms with Gasteiger partial charge in [-0.15, -0.1) is 0 Å². The molecule has 0 fully saturated rings. The van der Waals surface area contributed by atoms with E-state index in [9.17, 15) is 0 Å². The molecule has 0 aromatic heterocycles. The second-order valence-electron chi connectivity index (χ2n) is 4.71. The Bertz CT molecular complexity index is 349. The van der Waals surface area contributed by atoms with Crippen LogP contribution in [0.4, 0.5) is 0 Å². The van der Waals surface area contributed by atoms with Gasteiger partial charge in [0.25, 0.3) is 0 Å². The van der Waals surface area contributed by atoms with E-state index in [0.717, 1.165) is 6.42 Å². The smallest absolute Gasteiger partial charge is 0.0641 e. The summed E-state index contributed by atoms with van der Waals surface area (Å²) in [5.41, 5.74) is 1.25. The molecule has 2 heteroatoms. The molecule has 0 heterocycles. The number of benzene rings is 1. The normalized spacial score (nSPS) is 13.1. The Labute approximate surface area is 98.3 Å². The Morgan fingerprint density at radius 3 is 2.44 bits per heavy atom. The Morgan fingerprint density at radius 2 is 1.94 bits per heavy atom. The predicted octanol–water partition coefficient (Wildman–Crippen LogP) is 3.42. The molecule has 0 radical (unpaired) electrons. The molecule has 1 unspecified atom stereocenters. The topological polar surface area (TPSA) is 35.8 Å². The molecule has 0 bridgehead atoms. The van der Waals surface area contributed by atoms with E-state index in [1.54, 1.807) is 0 Å². The molecular formula is C14H20N2. The van der Waals surface area contributed by atoms with E-state index in [-0.39, 0.29) is 11.6 Å². The first kappa shape index (κ1) is 12.7.